The second-order valence-electron chi connectivity index (χ2n) is 4.57. The van der Waals surface area contributed by atoms with Crippen molar-refractivity contribution >= 4 is 11.6 Å². The number of pyridine rings is 1. The fourth-order valence-electron chi connectivity index (χ4n) is 1.93. The van der Waals surface area contributed by atoms with Crippen LogP contribution < -0.4 is 4.74 Å². The first-order chi connectivity index (χ1) is 10.3. The summed E-state index contributed by atoms with van der Waals surface area (Å²) in [5.74, 6) is 0.792. The molecule has 2 heterocycles. The van der Waals surface area contributed by atoms with E-state index in [0.29, 0.717) is 11.6 Å². The standard InChI is InChI=1S/C16H13ClN2O2/c17-13-5-7-18-15(10-13)11-20-16-3-1-12(2-4-16)9-14-6-8-21-19-14/h1-8,10H,9,11H2. The number of rotatable bonds is 5. The highest BCUT2D eigenvalue weighted by atomic mass is 35.5. The average molecular weight is 301 g/mol. The Morgan fingerprint density at radius 1 is 1.05 bits per heavy atom. The largest absolute Gasteiger partial charge is 0.487 e. The van der Waals surface area contributed by atoms with Crippen molar-refractivity contribution in [2.24, 2.45) is 0 Å². The Hall–Kier alpha value is -2.33. The van der Waals surface area contributed by atoms with Gasteiger partial charge in [0.05, 0.1) is 11.4 Å². The summed E-state index contributed by atoms with van der Waals surface area (Å²) in [6, 6.07) is 13.3. The summed E-state index contributed by atoms with van der Waals surface area (Å²) in [6.45, 7) is 0.392. The molecule has 21 heavy (non-hydrogen) atoms. The van der Waals surface area contributed by atoms with Crippen molar-refractivity contribution in [3.8, 4) is 5.75 Å². The zero-order valence-electron chi connectivity index (χ0n) is 11.2. The van der Waals surface area contributed by atoms with Gasteiger partial charge in [0.2, 0.25) is 0 Å². The van der Waals surface area contributed by atoms with E-state index in [1.54, 1.807) is 24.6 Å². The zero-order chi connectivity index (χ0) is 14.5. The Bertz CT molecular complexity index is 697. The lowest BCUT2D eigenvalue weighted by atomic mass is 10.1. The molecule has 0 saturated heterocycles. The van der Waals surface area contributed by atoms with Crippen molar-refractivity contribution in [3.63, 3.8) is 0 Å². The van der Waals surface area contributed by atoms with E-state index in [0.717, 1.165) is 29.1 Å². The van der Waals surface area contributed by atoms with Crippen LogP contribution in [0.2, 0.25) is 5.02 Å². The molecule has 4 nitrogen and oxygen atoms in total. The van der Waals surface area contributed by atoms with Gasteiger partial charge < -0.3 is 9.26 Å². The predicted molar refractivity (Wildman–Crippen MR) is 79.3 cm³/mol. The number of benzene rings is 1. The number of nitrogens with zero attached hydrogens (tertiary/aromatic N) is 2. The molecule has 0 N–H and O–H groups in total. The number of hydrogen-bond donors (Lipinski definition) is 0. The van der Waals surface area contributed by atoms with E-state index in [1.165, 1.54) is 0 Å². The third-order valence-corrected chi connectivity index (χ3v) is 3.20. The van der Waals surface area contributed by atoms with E-state index in [2.05, 4.69) is 10.1 Å². The van der Waals surface area contributed by atoms with Gasteiger partial charge in [-0.05, 0) is 29.8 Å². The highest BCUT2D eigenvalue weighted by Crippen LogP contribution is 2.16. The van der Waals surface area contributed by atoms with Crippen molar-refractivity contribution < 1.29 is 9.26 Å². The second kappa shape index (κ2) is 6.41. The zero-order valence-corrected chi connectivity index (χ0v) is 12.0. The van der Waals surface area contributed by atoms with Gasteiger partial charge in [0, 0.05) is 23.7 Å². The van der Waals surface area contributed by atoms with Gasteiger partial charge in [-0.15, -0.1) is 0 Å². The van der Waals surface area contributed by atoms with Gasteiger partial charge in [0.25, 0.3) is 0 Å². The van der Waals surface area contributed by atoms with Crippen LogP contribution in [0.3, 0.4) is 0 Å². The Morgan fingerprint density at radius 3 is 2.62 bits per heavy atom. The van der Waals surface area contributed by atoms with E-state index < -0.39 is 0 Å². The summed E-state index contributed by atoms with van der Waals surface area (Å²) in [5, 5.41) is 4.55. The minimum Gasteiger partial charge on any atom is -0.487 e. The van der Waals surface area contributed by atoms with E-state index in [9.17, 15) is 0 Å². The van der Waals surface area contributed by atoms with Crippen molar-refractivity contribution in [2.45, 2.75) is 13.0 Å². The molecule has 0 aliphatic carbocycles. The normalized spacial score (nSPS) is 10.5. The summed E-state index contributed by atoms with van der Waals surface area (Å²) in [6.07, 6.45) is 3.99. The Kier molecular flexibility index (Phi) is 4.17. The molecule has 3 rings (SSSR count). The highest BCUT2D eigenvalue weighted by molar-refractivity contribution is 6.30. The molecule has 0 saturated carbocycles. The van der Waals surface area contributed by atoms with Crippen molar-refractivity contribution in [3.05, 3.63) is 76.9 Å². The van der Waals surface area contributed by atoms with Gasteiger partial charge in [0.1, 0.15) is 18.6 Å². The summed E-state index contributed by atoms with van der Waals surface area (Å²) in [5.41, 5.74) is 2.86. The Morgan fingerprint density at radius 2 is 1.90 bits per heavy atom. The fourth-order valence-corrected chi connectivity index (χ4v) is 2.11. The van der Waals surface area contributed by atoms with Crippen LogP contribution in [-0.2, 0) is 13.0 Å². The monoisotopic (exact) mass is 300 g/mol. The SMILES string of the molecule is Clc1ccnc(COc2ccc(Cc3ccon3)cc2)c1. The van der Waals surface area contributed by atoms with Crippen LogP contribution in [-0.4, -0.2) is 10.1 Å². The van der Waals surface area contributed by atoms with Gasteiger partial charge in [0.15, 0.2) is 0 Å². The molecule has 5 heteroatoms. The number of hydrogen-bond acceptors (Lipinski definition) is 4. The van der Waals surface area contributed by atoms with Crippen LogP contribution in [0.25, 0.3) is 0 Å². The predicted octanol–water partition coefficient (Wildman–Crippen LogP) is 3.89. The number of ether oxygens (including phenoxy) is 1. The van der Waals surface area contributed by atoms with Crippen molar-refractivity contribution in [2.75, 3.05) is 0 Å². The van der Waals surface area contributed by atoms with Gasteiger partial charge in [-0.25, -0.2) is 0 Å². The maximum absolute atomic E-state index is 5.91. The number of halogens is 1. The molecular weight excluding hydrogens is 288 g/mol. The first kappa shape index (κ1) is 13.6. The summed E-state index contributed by atoms with van der Waals surface area (Å²) in [4.78, 5) is 4.19. The maximum Gasteiger partial charge on any atom is 0.130 e. The van der Waals surface area contributed by atoms with E-state index in [1.807, 2.05) is 30.3 Å². The summed E-state index contributed by atoms with van der Waals surface area (Å²) in [7, 11) is 0. The second-order valence-corrected chi connectivity index (χ2v) is 5.00. The minimum atomic E-state index is 0.392. The van der Waals surface area contributed by atoms with Crippen LogP contribution >= 0.6 is 11.6 Å². The van der Waals surface area contributed by atoms with Crippen molar-refractivity contribution in [1.82, 2.24) is 10.1 Å². The quantitative estimate of drug-likeness (QED) is 0.717. The van der Waals surface area contributed by atoms with Crippen LogP contribution in [0.4, 0.5) is 0 Å². The molecule has 0 radical (unpaired) electrons. The molecule has 3 aromatic rings. The maximum atomic E-state index is 5.91. The van der Waals surface area contributed by atoms with Crippen LogP contribution in [0.15, 0.2) is 59.4 Å². The van der Waals surface area contributed by atoms with E-state index in [-0.39, 0.29) is 0 Å². The third kappa shape index (κ3) is 3.83. The molecule has 0 aliphatic rings. The molecule has 0 atom stereocenters. The first-order valence-electron chi connectivity index (χ1n) is 6.51. The highest BCUT2D eigenvalue weighted by Gasteiger charge is 2.01. The van der Waals surface area contributed by atoms with Crippen molar-refractivity contribution in [1.29, 1.82) is 0 Å². The molecule has 0 bridgehead atoms. The average Bonchev–Trinajstić information content (AvgIpc) is 3.00. The van der Waals surface area contributed by atoms with Gasteiger partial charge >= 0.3 is 0 Å². The molecular formula is C16H13ClN2O2. The summed E-state index contributed by atoms with van der Waals surface area (Å²) < 4.78 is 10.5. The Labute approximate surface area is 127 Å². The Balaban J connectivity index is 1.59. The lowest BCUT2D eigenvalue weighted by molar-refractivity contribution is 0.301. The van der Waals surface area contributed by atoms with Crippen LogP contribution in [0.1, 0.15) is 17.0 Å². The number of aromatic nitrogens is 2. The first-order valence-corrected chi connectivity index (χ1v) is 6.89. The topological polar surface area (TPSA) is 48.2 Å². The lowest BCUT2D eigenvalue weighted by Gasteiger charge is -2.06. The minimum absolute atomic E-state index is 0.392. The molecule has 0 amide bonds. The van der Waals surface area contributed by atoms with Gasteiger partial charge in [-0.3, -0.25) is 4.98 Å². The van der Waals surface area contributed by atoms with Gasteiger partial charge in [-0.1, -0.05) is 28.9 Å². The summed E-state index contributed by atoms with van der Waals surface area (Å²) >= 11 is 5.91. The third-order valence-electron chi connectivity index (χ3n) is 2.97. The van der Waals surface area contributed by atoms with E-state index >= 15 is 0 Å². The molecule has 1 aromatic carbocycles. The molecule has 0 spiro atoms. The van der Waals surface area contributed by atoms with Crippen LogP contribution in [0.5, 0.6) is 5.75 Å². The van der Waals surface area contributed by atoms with E-state index in [4.69, 9.17) is 20.9 Å². The smallest absolute Gasteiger partial charge is 0.130 e. The molecule has 106 valence electrons. The fraction of sp³-hybridized carbons (Fsp3) is 0.125. The van der Waals surface area contributed by atoms with Gasteiger partial charge in [-0.2, -0.15) is 0 Å². The molecule has 0 unspecified atom stereocenters. The van der Waals surface area contributed by atoms with Crippen LogP contribution in [0, 0.1) is 0 Å². The lowest BCUT2D eigenvalue weighted by Crippen LogP contribution is -1.98. The molecule has 0 aliphatic heterocycles. The molecule has 2 aromatic heterocycles. The molecule has 0 fully saturated rings.